The molecule has 1 fully saturated rings. The third-order valence-corrected chi connectivity index (χ3v) is 2.38. The average molecular weight is 229 g/mol. The van der Waals surface area contributed by atoms with E-state index in [1.54, 1.807) is 12.4 Å². The van der Waals surface area contributed by atoms with Gasteiger partial charge in [-0.25, -0.2) is 0 Å². The third kappa shape index (κ3) is 1.44. The third-order valence-electron chi connectivity index (χ3n) is 1.77. The van der Waals surface area contributed by atoms with E-state index in [1.807, 2.05) is 11.1 Å². The van der Waals surface area contributed by atoms with Crippen LogP contribution >= 0.6 is 15.9 Å². The summed E-state index contributed by atoms with van der Waals surface area (Å²) >= 11 is 3.42. The van der Waals surface area contributed by atoms with Crippen LogP contribution < -0.4 is 5.06 Å². The second-order valence-electron chi connectivity index (χ2n) is 2.62. The molecule has 0 bridgehead atoms. The SMILES string of the molecule is Brc1cnccc1N1CCCO1. The summed E-state index contributed by atoms with van der Waals surface area (Å²) < 4.78 is 0.979. The molecule has 0 aliphatic carbocycles. The van der Waals surface area contributed by atoms with E-state index in [4.69, 9.17) is 4.84 Å². The maximum atomic E-state index is 5.40. The molecule has 0 atom stereocenters. The van der Waals surface area contributed by atoms with Gasteiger partial charge in [0.25, 0.3) is 0 Å². The Bertz CT molecular complexity index is 274. The van der Waals surface area contributed by atoms with E-state index < -0.39 is 0 Å². The van der Waals surface area contributed by atoms with E-state index in [0.29, 0.717) is 0 Å². The molecule has 0 aromatic carbocycles. The summed E-state index contributed by atoms with van der Waals surface area (Å²) in [6.07, 6.45) is 4.63. The Morgan fingerprint density at radius 3 is 3.17 bits per heavy atom. The molecule has 1 aliphatic rings. The van der Waals surface area contributed by atoms with E-state index in [1.165, 1.54) is 0 Å². The van der Waals surface area contributed by atoms with Gasteiger partial charge in [0.2, 0.25) is 0 Å². The molecule has 0 saturated carbocycles. The average Bonchev–Trinajstić information content (AvgIpc) is 2.57. The standard InChI is InChI=1S/C8H9BrN2O/c9-7-6-10-3-2-8(7)11-4-1-5-12-11/h2-3,6H,1,4-5H2. The van der Waals surface area contributed by atoms with Crippen LogP contribution in [0.1, 0.15) is 6.42 Å². The summed E-state index contributed by atoms with van der Waals surface area (Å²) in [7, 11) is 0. The molecule has 0 N–H and O–H groups in total. The van der Waals surface area contributed by atoms with E-state index in [-0.39, 0.29) is 0 Å². The molecule has 2 heterocycles. The fourth-order valence-corrected chi connectivity index (χ4v) is 1.66. The quantitative estimate of drug-likeness (QED) is 0.736. The second-order valence-corrected chi connectivity index (χ2v) is 3.47. The van der Waals surface area contributed by atoms with Gasteiger partial charge in [-0.2, -0.15) is 0 Å². The lowest BCUT2D eigenvalue weighted by Gasteiger charge is -2.16. The van der Waals surface area contributed by atoms with E-state index in [9.17, 15) is 0 Å². The van der Waals surface area contributed by atoms with E-state index >= 15 is 0 Å². The number of hydrogen-bond acceptors (Lipinski definition) is 3. The Balaban J connectivity index is 2.26. The van der Waals surface area contributed by atoms with Gasteiger partial charge in [0.05, 0.1) is 16.8 Å². The Morgan fingerprint density at radius 1 is 1.58 bits per heavy atom. The van der Waals surface area contributed by atoms with Gasteiger partial charge < -0.3 is 0 Å². The van der Waals surface area contributed by atoms with Crippen LogP contribution in [0.5, 0.6) is 0 Å². The molecule has 2 rings (SSSR count). The van der Waals surface area contributed by atoms with Gasteiger partial charge >= 0.3 is 0 Å². The molecule has 4 heteroatoms. The van der Waals surface area contributed by atoms with Crippen molar-refractivity contribution in [3.63, 3.8) is 0 Å². The van der Waals surface area contributed by atoms with Crippen LogP contribution in [0.2, 0.25) is 0 Å². The molecule has 0 radical (unpaired) electrons. The molecule has 3 nitrogen and oxygen atoms in total. The number of nitrogens with zero attached hydrogens (tertiary/aromatic N) is 2. The summed E-state index contributed by atoms with van der Waals surface area (Å²) in [4.78, 5) is 9.38. The minimum Gasteiger partial charge on any atom is -0.273 e. The molecule has 12 heavy (non-hydrogen) atoms. The molecule has 0 amide bonds. The topological polar surface area (TPSA) is 25.4 Å². The van der Waals surface area contributed by atoms with Crippen molar-refractivity contribution in [1.29, 1.82) is 0 Å². The lowest BCUT2D eigenvalue weighted by Crippen LogP contribution is -2.16. The molecule has 1 aromatic heterocycles. The van der Waals surface area contributed by atoms with Crippen molar-refractivity contribution in [1.82, 2.24) is 4.98 Å². The number of pyridine rings is 1. The van der Waals surface area contributed by atoms with Crippen molar-refractivity contribution in [3.8, 4) is 0 Å². The summed E-state index contributed by atoms with van der Waals surface area (Å²) in [5, 5.41) is 1.89. The lowest BCUT2D eigenvalue weighted by atomic mass is 10.4. The highest BCUT2D eigenvalue weighted by atomic mass is 79.9. The molecule has 0 spiro atoms. The van der Waals surface area contributed by atoms with Crippen LogP contribution in [0.4, 0.5) is 5.69 Å². The largest absolute Gasteiger partial charge is 0.273 e. The van der Waals surface area contributed by atoms with Crippen LogP contribution in [0.15, 0.2) is 22.9 Å². The molecule has 0 unspecified atom stereocenters. The van der Waals surface area contributed by atoms with Crippen LogP contribution in [-0.4, -0.2) is 18.1 Å². The zero-order valence-electron chi connectivity index (χ0n) is 6.53. The fourth-order valence-electron chi connectivity index (χ4n) is 1.21. The van der Waals surface area contributed by atoms with Crippen molar-refractivity contribution in [2.45, 2.75) is 6.42 Å². The highest BCUT2D eigenvalue weighted by Crippen LogP contribution is 2.26. The number of anilines is 1. The van der Waals surface area contributed by atoms with Gasteiger partial charge in [-0.15, -0.1) is 0 Å². The number of halogens is 1. The monoisotopic (exact) mass is 228 g/mol. The summed E-state index contributed by atoms with van der Waals surface area (Å²) in [5.41, 5.74) is 1.06. The maximum absolute atomic E-state index is 5.40. The van der Waals surface area contributed by atoms with Gasteiger partial charge in [-0.1, -0.05) is 0 Å². The van der Waals surface area contributed by atoms with Crippen molar-refractivity contribution in [3.05, 3.63) is 22.9 Å². The summed E-state index contributed by atoms with van der Waals surface area (Å²) in [6, 6.07) is 1.94. The number of rotatable bonds is 1. The Kier molecular flexibility index (Phi) is 2.28. The summed E-state index contributed by atoms with van der Waals surface area (Å²) in [5.74, 6) is 0. The predicted molar refractivity (Wildman–Crippen MR) is 49.9 cm³/mol. The lowest BCUT2D eigenvalue weighted by molar-refractivity contribution is 0.168. The van der Waals surface area contributed by atoms with Crippen molar-refractivity contribution >= 4 is 21.6 Å². The zero-order valence-corrected chi connectivity index (χ0v) is 8.12. The summed E-state index contributed by atoms with van der Waals surface area (Å²) in [6.45, 7) is 1.78. The first-order valence-electron chi connectivity index (χ1n) is 3.88. The van der Waals surface area contributed by atoms with Crippen molar-refractivity contribution in [2.24, 2.45) is 0 Å². The van der Waals surface area contributed by atoms with Crippen LogP contribution in [0.3, 0.4) is 0 Å². The number of aromatic nitrogens is 1. The van der Waals surface area contributed by atoms with Gasteiger partial charge in [0.1, 0.15) is 0 Å². The molecular weight excluding hydrogens is 220 g/mol. The highest BCUT2D eigenvalue weighted by molar-refractivity contribution is 9.10. The van der Waals surface area contributed by atoms with Crippen LogP contribution in [-0.2, 0) is 4.84 Å². The van der Waals surface area contributed by atoms with E-state index in [2.05, 4.69) is 20.9 Å². The minimum absolute atomic E-state index is 0.814. The van der Waals surface area contributed by atoms with Crippen molar-refractivity contribution < 1.29 is 4.84 Å². The molecule has 1 saturated heterocycles. The highest BCUT2D eigenvalue weighted by Gasteiger charge is 2.15. The van der Waals surface area contributed by atoms with Crippen LogP contribution in [0, 0.1) is 0 Å². The molecule has 64 valence electrons. The minimum atomic E-state index is 0.814. The number of hydrogen-bond donors (Lipinski definition) is 0. The van der Waals surface area contributed by atoms with Crippen molar-refractivity contribution in [2.75, 3.05) is 18.2 Å². The normalized spacial score (nSPS) is 16.9. The smallest absolute Gasteiger partial charge is 0.0809 e. The Hall–Kier alpha value is -0.610. The Morgan fingerprint density at radius 2 is 2.50 bits per heavy atom. The first-order valence-corrected chi connectivity index (χ1v) is 4.67. The maximum Gasteiger partial charge on any atom is 0.0809 e. The van der Waals surface area contributed by atoms with Gasteiger partial charge in [0.15, 0.2) is 0 Å². The number of hydroxylamine groups is 1. The van der Waals surface area contributed by atoms with Crippen LogP contribution in [0.25, 0.3) is 0 Å². The molecular formula is C8H9BrN2O. The zero-order chi connectivity index (χ0) is 8.39. The molecule has 1 aliphatic heterocycles. The van der Waals surface area contributed by atoms with Gasteiger partial charge in [0, 0.05) is 18.9 Å². The van der Waals surface area contributed by atoms with Gasteiger partial charge in [-0.3, -0.25) is 14.9 Å². The molecule has 1 aromatic rings. The van der Waals surface area contributed by atoms with E-state index in [0.717, 1.165) is 29.7 Å². The predicted octanol–water partition coefficient (Wildman–Crippen LogP) is 1.99. The first-order chi connectivity index (χ1) is 5.88. The van der Waals surface area contributed by atoms with Gasteiger partial charge in [-0.05, 0) is 28.4 Å². The second kappa shape index (κ2) is 3.41. The Labute approximate surface area is 79.4 Å². The first kappa shape index (κ1) is 8.01. The fraction of sp³-hybridized carbons (Fsp3) is 0.375.